The molecular weight excluding hydrogens is 492 g/mol. The molecule has 216 valence electrons. The molecule has 2 aliphatic rings. The molecule has 1 aromatic carbocycles. The standard InChI is InChI=1S/C41H52/c1-8-15-31(5)40-30-38(27-22-34(11-4)16-9-2)28-33(7)39(17-10-3)41(40)32(6)20-21-35-23-25-37(26-24-35)29-36-18-13-12-14-19-36/h9,11-13,16-18,22-27,30,33,38H,2,4-5,8,10,14-15,19-21,28-29H2,1,3,6-7H3/b27-22+,34-16+,39-17+,41-32+. The summed E-state index contributed by atoms with van der Waals surface area (Å²) in [6.07, 6.45) is 31.8. The Kier molecular flexibility index (Phi) is 13.2. The molecule has 0 saturated carbocycles. The third-order valence-electron chi connectivity index (χ3n) is 8.30. The van der Waals surface area contributed by atoms with Crippen LogP contribution in [0.25, 0.3) is 0 Å². The van der Waals surface area contributed by atoms with Gasteiger partial charge in [0.05, 0.1) is 0 Å². The molecule has 0 N–H and O–H groups in total. The van der Waals surface area contributed by atoms with Crippen LogP contribution in [0.3, 0.4) is 0 Å². The third kappa shape index (κ3) is 9.60. The number of allylic oxidation sites excluding steroid dienone is 17. The molecule has 0 amide bonds. The van der Waals surface area contributed by atoms with E-state index >= 15 is 0 Å². The minimum absolute atomic E-state index is 0.342. The van der Waals surface area contributed by atoms with E-state index in [9.17, 15) is 0 Å². The smallest absolute Gasteiger partial charge is 0.00351 e. The lowest BCUT2D eigenvalue weighted by molar-refractivity contribution is 0.566. The number of hydrogen-bond acceptors (Lipinski definition) is 0. The Bertz CT molecular complexity index is 1280. The first-order valence-electron chi connectivity index (χ1n) is 15.8. The van der Waals surface area contributed by atoms with E-state index in [1.54, 1.807) is 0 Å². The quantitative estimate of drug-likeness (QED) is 0.217. The summed E-state index contributed by atoms with van der Waals surface area (Å²) in [6, 6.07) is 9.34. The monoisotopic (exact) mass is 544 g/mol. The first-order chi connectivity index (χ1) is 19.9. The summed E-state index contributed by atoms with van der Waals surface area (Å²) in [5.74, 6) is 0.811. The molecule has 0 heteroatoms. The van der Waals surface area contributed by atoms with Gasteiger partial charge in [-0.2, -0.15) is 0 Å². The fraction of sp³-hybridized carbons (Fsp3) is 0.366. The van der Waals surface area contributed by atoms with Crippen LogP contribution in [0.5, 0.6) is 0 Å². The van der Waals surface area contributed by atoms with Crippen LogP contribution in [0.1, 0.15) is 83.8 Å². The SMILES string of the molecule is C=C/C=C(C=C)/C=C/C1C=C(C(=C)CCC)C(=C(\C)CCc2ccc(CC3=CC=CCC3)cc2)/C(=C/CC)C(C)C1. The second-order valence-corrected chi connectivity index (χ2v) is 11.7. The molecule has 0 fully saturated rings. The summed E-state index contributed by atoms with van der Waals surface area (Å²) in [5, 5.41) is 0. The molecule has 41 heavy (non-hydrogen) atoms. The Labute approximate surface area is 251 Å². The Balaban J connectivity index is 1.92. The molecule has 0 aromatic heterocycles. The fourth-order valence-electron chi connectivity index (χ4n) is 6.07. The number of benzene rings is 1. The van der Waals surface area contributed by atoms with E-state index in [4.69, 9.17) is 0 Å². The van der Waals surface area contributed by atoms with Gasteiger partial charge in [0.2, 0.25) is 0 Å². The van der Waals surface area contributed by atoms with Crippen molar-refractivity contribution in [3.8, 4) is 0 Å². The predicted octanol–water partition coefficient (Wildman–Crippen LogP) is 11.9. The Morgan fingerprint density at radius 2 is 1.80 bits per heavy atom. The molecule has 2 aliphatic carbocycles. The van der Waals surface area contributed by atoms with Gasteiger partial charge < -0.3 is 0 Å². The highest BCUT2D eigenvalue weighted by Gasteiger charge is 2.26. The zero-order valence-corrected chi connectivity index (χ0v) is 26.2. The van der Waals surface area contributed by atoms with E-state index < -0.39 is 0 Å². The summed E-state index contributed by atoms with van der Waals surface area (Å²) >= 11 is 0. The van der Waals surface area contributed by atoms with Gasteiger partial charge in [0.15, 0.2) is 0 Å². The maximum Gasteiger partial charge on any atom is -0.00351 e. The van der Waals surface area contributed by atoms with Gasteiger partial charge in [-0.05, 0) is 109 Å². The van der Waals surface area contributed by atoms with Crippen LogP contribution < -0.4 is 0 Å². The second kappa shape index (κ2) is 16.8. The fourth-order valence-corrected chi connectivity index (χ4v) is 6.07. The lowest BCUT2D eigenvalue weighted by atomic mass is 9.82. The van der Waals surface area contributed by atoms with Crippen molar-refractivity contribution < 1.29 is 0 Å². The van der Waals surface area contributed by atoms with Gasteiger partial charge in [0.25, 0.3) is 0 Å². The van der Waals surface area contributed by atoms with Crippen LogP contribution in [0.2, 0.25) is 0 Å². The molecule has 1 aromatic rings. The van der Waals surface area contributed by atoms with Crippen molar-refractivity contribution >= 4 is 0 Å². The summed E-state index contributed by atoms with van der Waals surface area (Å²) < 4.78 is 0. The highest BCUT2D eigenvalue weighted by Crippen LogP contribution is 2.42. The van der Waals surface area contributed by atoms with Crippen LogP contribution in [-0.4, -0.2) is 0 Å². The summed E-state index contributed by atoms with van der Waals surface area (Å²) in [4.78, 5) is 0. The number of rotatable bonds is 13. The van der Waals surface area contributed by atoms with Crippen molar-refractivity contribution in [1.82, 2.24) is 0 Å². The third-order valence-corrected chi connectivity index (χ3v) is 8.30. The van der Waals surface area contributed by atoms with Crippen molar-refractivity contribution in [3.05, 3.63) is 155 Å². The largest absolute Gasteiger partial charge is 0.0990 e. The summed E-state index contributed by atoms with van der Waals surface area (Å²) in [7, 11) is 0. The average molecular weight is 545 g/mol. The number of aryl methyl sites for hydroxylation is 1. The molecule has 2 atom stereocenters. The van der Waals surface area contributed by atoms with E-state index in [-0.39, 0.29) is 0 Å². The summed E-state index contributed by atoms with van der Waals surface area (Å²) in [5.41, 5.74) is 12.5. The average Bonchev–Trinajstić information content (AvgIpc) is 3.11. The van der Waals surface area contributed by atoms with Gasteiger partial charge in [-0.25, -0.2) is 0 Å². The van der Waals surface area contributed by atoms with Crippen molar-refractivity contribution in [1.29, 1.82) is 0 Å². The minimum Gasteiger partial charge on any atom is -0.0990 e. The number of hydrogen-bond donors (Lipinski definition) is 0. The lowest BCUT2D eigenvalue weighted by Gasteiger charge is -2.23. The van der Waals surface area contributed by atoms with Crippen LogP contribution in [0.4, 0.5) is 0 Å². The highest BCUT2D eigenvalue weighted by molar-refractivity contribution is 5.59. The van der Waals surface area contributed by atoms with Crippen molar-refractivity contribution in [3.63, 3.8) is 0 Å². The maximum atomic E-state index is 4.61. The van der Waals surface area contributed by atoms with E-state index in [0.717, 1.165) is 50.5 Å². The zero-order chi connectivity index (χ0) is 29.6. The molecule has 0 nitrogen and oxygen atoms in total. The normalized spacial score (nSPS) is 21.9. The van der Waals surface area contributed by atoms with Crippen LogP contribution >= 0.6 is 0 Å². The molecule has 3 rings (SSSR count). The lowest BCUT2D eigenvalue weighted by Crippen LogP contribution is -2.07. The predicted molar refractivity (Wildman–Crippen MR) is 183 cm³/mol. The van der Waals surface area contributed by atoms with Crippen molar-refractivity contribution in [2.45, 2.75) is 85.5 Å². The molecule has 0 heterocycles. The van der Waals surface area contributed by atoms with E-state index in [1.807, 2.05) is 18.2 Å². The molecule has 0 spiro atoms. The van der Waals surface area contributed by atoms with Gasteiger partial charge in [0, 0.05) is 0 Å². The van der Waals surface area contributed by atoms with E-state index in [1.165, 1.54) is 57.4 Å². The van der Waals surface area contributed by atoms with Crippen LogP contribution in [0, 0.1) is 11.8 Å². The van der Waals surface area contributed by atoms with Crippen LogP contribution in [-0.2, 0) is 12.8 Å². The maximum absolute atomic E-state index is 4.61. The summed E-state index contributed by atoms with van der Waals surface area (Å²) in [6.45, 7) is 21.7. The molecule has 0 aliphatic heterocycles. The molecule has 2 unspecified atom stereocenters. The molecule has 0 bridgehead atoms. The Morgan fingerprint density at radius 1 is 1.05 bits per heavy atom. The van der Waals surface area contributed by atoms with Gasteiger partial charge in [0.1, 0.15) is 0 Å². The van der Waals surface area contributed by atoms with E-state index in [0.29, 0.717) is 11.8 Å². The van der Waals surface area contributed by atoms with Crippen molar-refractivity contribution in [2.24, 2.45) is 11.8 Å². The topological polar surface area (TPSA) is 0 Å². The minimum atomic E-state index is 0.342. The van der Waals surface area contributed by atoms with Gasteiger partial charge >= 0.3 is 0 Å². The molecule has 0 radical (unpaired) electrons. The molecule has 0 saturated heterocycles. The van der Waals surface area contributed by atoms with Gasteiger partial charge in [-0.1, -0.05) is 143 Å². The van der Waals surface area contributed by atoms with Crippen LogP contribution in [0.15, 0.2) is 144 Å². The zero-order valence-electron chi connectivity index (χ0n) is 26.2. The van der Waals surface area contributed by atoms with Crippen molar-refractivity contribution in [2.75, 3.05) is 0 Å². The van der Waals surface area contributed by atoms with Gasteiger partial charge in [-0.3, -0.25) is 0 Å². The Morgan fingerprint density at radius 3 is 2.44 bits per heavy atom. The van der Waals surface area contributed by atoms with Gasteiger partial charge in [-0.15, -0.1) is 0 Å². The first kappa shape index (κ1) is 32.1. The molecular formula is C41H52. The van der Waals surface area contributed by atoms with E-state index in [2.05, 4.69) is 114 Å². The second-order valence-electron chi connectivity index (χ2n) is 11.7. The Hall–Kier alpha value is -3.38. The first-order valence-corrected chi connectivity index (χ1v) is 15.8. The highest BCUT2D eigenvalue weighted by atomic mass is 14.3.